The predicted octanol–water partition coefficient (Wildman–Crippen LogP) is 5.24. The molecule has 0 radical (unpaired) electrons. The van der Waals surface area contributed by atoms with E-state index in [4.69, 9.17) is 18.9 Å². The highest BCUT2D eigenvalue weighted by atomic mass is 19.1. The Balaban J connectivity index is 1.10. The number of rotatable bonds is 8. The third kappa shape index (κ3) is 5.53. The minimum Gasteiger partial charge on any atom is -0.374 e. The summed E-state index contributed by atoms with van der Waals surface area (Å²) in [7, 11) is 1.87. The van der Waals surface area contributed by atoms with Crippen LogP contribution >= 0.6 is 0 Å². The zero-order valence-electron chi connectivity index (χ0n) is 24.2. The molecule has 0 saturated carbocycles. The van der Waals surface area contributed by atoms with Gasteiger partial charge in [0.05, 0.1) is 26.1 Å². The van der Waals surface area contributed by atoms with Gasteiger partial charge in [-0.15, -0.1) is 0 Å². The Morgan fingerprint density at radius 1 is 1.09 bits per heavy atom. The molecule has 0 bridgehead atoms. The van der Waals surface area contributed by atoms with E-state index in [-0.39, 0.29) is 24.1 Å². The second-order valence-corrected chi connectivity index (χ2v) is 11.5. The lowest BCUT2D eigenvalue weighted by molar-refractivity contribution is -0.202. The quantitative estimate of drug-likeness (QED) is 0.262. The third-order valence-corrected chi connectivity index (χ3v) is 7.83. The van der Waals surface area contributed by atoms with Crippen molar-refractivity contribution in [2.75, 3.05) is 25.1 Å². The van der Waals surface area contributed by atoms with E-state index in [1.807, 2.05) is 42.5 Å². The number of halogens is 1. The first kappa shape index (κ1) is 27.7. The molecule has 2 fully saturated rings. The zero-order chi connectivity index (χ0) is 29.6. The molecule has 9 nitrogen and oxygen atoms in total. The van der Waals surface area contributed by atoms with Crippen LogP contribution in [0.4, 0.5) is 10.2 Å². The van der Waals surface area contributed by atoms with Gasteiger partial charge in [-0.05, 0) is 48.4 Å². The van der Waals surface area contributed by atoms with E-state index in [2.05, 4.69) is 57.1 Å². The Kier molecular flexibility index (Phi) is 7.19. The fraction of sp³-hybridized carbons (Fsp3) is 0.364. The third-order valence-electron chi connectivity index (χ3n) is 7.83. The normalized spacial score (nSPS) is 24.3. The molecule has 0 N–H and O–H groups in total. The Morgan fingerprint density at radius 2 is 1.93 bits per heavy atom. The summed E-state index contributed by atoms with van der Waals surface area (Å²) in [5.74, 6) is 5.52. The predicted molar refractivity (Wildman–Crippen MR) is 160 cm³/mol. The fourth-order valence-corrected chi connectivity index (χ4v) is 5.93. The summed E-state index contributed by atoms with van der Waals surface area (Å²) in [6.45, 7) is 4.97. The molecule has 0 spiro atoms. The Morgan fingerprint density at radius 3 is 2.81 bits per heavy atom. The SMILES string of the molecule is CN(CC1=CC(F)=CCC#C1)c1ncnc2c1ncn2[C@@H]1O[C@H](COCc2ccc3ccccc3c2)[C@H]2OC(C)(C)O[C@H]21. The molecule has 3 aliphatic rings. The van der Waals surface area contributed by atoms with Crippen molar-refractivity contribution < 1.29 is 23.3 Å². The minimum atomic E-state index is -0.776. The van der Waals surface area contributed by atoms with E-state index >= 15 is 0 Å². The number of benzene rings is 2. The van der Waals surface area contributed by atoms with Gasteiger partial charge in [-0.25, -0.2) is 19.3 Å². The van der Waals surface area contributed by atoms with Crippen LogP contribution in [0.15, 0.2) is 78.7 Å². The molecule has 2 aliphatic heterocycles. The highest BCUT2D eigenvalue weighted by Crippen LogP contribution is 2.44. The summed E-state index contributed by atoms with van der Waals surface area (Å²) in [6, 6.07) is 14.6. The molecule has 4 aromatic rings. The van der Waals surface area contributed by atoms with Gasteiger partial charge in [0, 0.05) is 19.0 Å². The number of hydrogen-bond acceptors (Lipinski definition) is 8. The average Bonchev–Trinajstić information content (AvgIpc) is 3.60. The molecule has 2 aromatic heterocycles. The molecular weight excluding hydrogens is 549 g/mol. The molecule has 4 atom stereocenters. The number of fused-ring (bicyclic) bond motifs is 3. The number of ether oxygens (including phenoxy) is 4. The fourth-order valence-electron chi connectivity index (χ4n) is 5.93. The van der Waals surface area contributed by atoms with Crippen molar-refractivity contribution in [1.29, 1.82) is 0 Å². The highest BCUT2D eigenvalue weighted by Gasteiger charge is 2.56. The standard InChI is InChI=1S/C33H32FN5O4/c1-33(2)42-28-26(18-40-17-22-12-13-23-9-5-6-10-24(23)14-22)41-32(29(28)43-33)39-20-37-27-30(35-19-36-31(27)39)38(3)16-21-8-4-7-11-25(34)15-21/h5-6,9-15,19-20,26,28-29,32H,7,16-18H2,1-3H3/t26-,28-,29-,32-/m1/s1. The topological polar surface area (TPSA) is 83.8 Å². The molecule has 2 saturated heterocycles. The number of imidazole rings is 1. The molecule has 1 aliphatic carbocycles. The van der Waals surface area contributed by atoms with Gasteiger partial charge in [0.15, 0.2) is 29.0 Å². The maximum Gasteiger partial charge on any atom is 0.167 e. The number of nitrogens with zero attached hydrogens (tertiary/aromatic N) is 5. The lowest BCUT2D eigenvalue weighted by Gasteiger charge is -2.25. The van der Waals surface area contributed by atoms with E-state index in [1.54, 1.807) is 6.33 Å². The van der Waals surface area contributed by atoms with Crippen LogP contribution in [0.1, 0.15) is 32.1 Å². The lowest BCUT2D eigenvalue weighted by Crippen LogP contribution is -2.32. The molecule has 2 aromatic carbocycles. The molecular formula is C33H32FN5O4. The Hall–Kier alpha value is -4.14. The van der Waals surface area contributed by atoms with Crippen molar-refractivity contribution in [3.05, 3.63) is 84.2 Å². The Labute approximate surface area is 248 Å². The van der Waals surface area contributed by atoms with E-state index in [9.17, 15) is 4.39 Å². The summed E-state index contributed by atoms with van der Waals surface area (Å²) >= 11 is 0. The highest BCUT2D eigenvalue weighted by molar-refractivity contribution is 5.84. The number of anilines is 1. The van der Waals surface area contributed by atoms with Crippen LogP contribution in [0.2, 0.25) is 0 Å². The van der Waals surface area contributed by atoms with Crippen LogP contribution < -0.4 is 4.90 Å². The molecule has 0 amide bonds. The number of aromatic nitrogens is 4. The van der Waals surface area contributed by atoms with Crippen LogP contribution in [0.3, 0.4) is 0 Å². The van der Waals surface area contributed by atoms with Crippen LogP contribution in [0.25, 0.3) is 21.9 Å². The van der Waals surface area contributed by atoms with Gasteiger partial charge in [0.1, 0.15) is 30.5 Å². The first-order valence-corrected chi connectivity index (χ1v) is 14.3. The second kappa shape index (κ2) is 11.2. The molecule has 0 unspecified atom stereocenters. The van der Waals surface area contributed by atoms with Crippen molar-refractivity contribution in [2.24, 2.45) is 0 Å². The van der Waals surface area contributed by atoms with Crippen LogP contribution in [0, 0.1) is 11.8 Å². The summed E-state index contributed by atoms with van der Waals surface area (Å²) in [4.78, 5) is 15.6. The molecule has 7 rings (SSSR count). The van der Waals surface area contributed by atoms with Crippen molar-refractivity contribution in [3.8, 4) is 11.8 Å². The van der Waals surface area contributed by atoms with Gasteiger partial charge in [-0.1, -0.05) is 48.2 Å². The Bertz CT molecular complexity index is 1810. The maximum atomic E-state index is 14.0. The van der Waals surface area contributed by atoms with E-state index in [0.717, 1.165) is 5.56 Å². The summed E-state index contributed by atoms with van der Waals surface area (Å²) in [6.07, 6.45) is 4.89. The molecule has 10 heteroatoms. The number of allylic oxidation sites excluding steroid dienone is 3. The largest absolute Gasteiger partial charge is 0.374 e. The molecule has 43 heavy (non-hydrogen) atoms. The second-order valence-electron chi connectivity index (χ2n) is 11.5. The summed E-state index contributed by atoms with van der Waals surface area (Å²) < 4.78 is 41.2. The van der Waals surface area contributed by atoms with Gasteiger partial charge in [-0.2, -0.15) is 0 Å². The monoisotopic (exact) mass is 581 g/mol. The first-order chi connectivity index (χ1) is 20.8. The zero-order valence-corrected chi connectivity index (χ0v) is 24.2. The average molecular weight is 582 g/mol. The van der Waals surface area contributed by atoms with Gasteiger partial charge in [0.2, 0.25) is 0 Å². The molecule has 220 valence electrons. The van der Waals surface area contributed by atoms with Crippen LogP contribution in [0.5, 0.6) is 0 Å². The van der Waals surface area contributed by atoms with E-state index in [0.29, 0.717) is 48.7 Å². The van der Waals surface area contributed by atoms with Gasteiger partial charge < -0.3 is 23.8 Å². The lowest BCUT2D eigenvalue weighted by atomic mass is 10.1. The first-order valence-electron chi connectivity index (χ1n) is 14.3. The molecule has 4 heterocycles. The van der Waals surface area contributed by atoms with Crippen molar-refractivity contribution in [3.63, 3.8) is 0 Å². The van der Waals surface area contributed by atoms with Crippen LogP contribution in [-0.2, 0) is 25.6 Å². The van der Waals surface area contributed by atoms with Crippen molar-refractivity contribution >= 4 is 27.8 Å². The summed E-state index contributed by atoms with van der Waals surface area (Å²) in [5.41, 5.74) is 2.94. The number of likely N-dealkylation sites (N-methyl/N-ethyl adjacent to an activating group) is 1. The van der Waals surface area contributed by atoms with Gasteiger partial charge in [-0.3, -0.25) is 4.57 Å². The van der Waals surface area contributed by atoms with Gasteiger partial charge in [0.25, 0.3) is 0 Å². The van der Waals surface area contributed by atoms with Gasteiger partial charge >= 0.3 is 0 Å². The van der Waals surface area contributed by atoms with Crippen molar-refractivity contribution in [2.45, 2.75) is 57.2 Å². The maximum absolute atomic E-state index is 14.0. The summed E-state index contributed by atoms with van der Waals surface area (Å²) in [5, 5.41) is 2.37. The van der Waals surface area contributed by atoms with Crippen molar-refractivity contribution in [1.82, 2.24) is 19.5 Å². The smallest absolute Gasteiger partial charge is 0.167 e. The minimum absolute atomic E-state index is 0.302. The van der Waals surface area contributed by atoms with E-state index < -0.39 is 12.0 Å². The van der Waals surface area contributed by atoms with E-state index in [1.165, 1.54) is 29.3 Å². The van der Waals surface area contributed by atoms with Crippen LogP contribution in [-0.4, -0.2) is 63.8 Å². The number of hydrogen-bond donors (Lipinski definition) is 0.